The van der Waals surface area contributed by atoms with Crippen LogP contribution in [0.5, 0.6) is 5.75 Å². The summed E-state index contributed by atoms with van der Waals surface area (Å²) >= 11 is 0. The van der Waals surface area contributed by atoms with Crippen LogP contribution in [0, 0.1) is 11.8 Å². The van der Waals surface area contributed by atoms with E-state index in [1.54, 1.807) is 7.11 Å². The van der Waals surface area contributed by atoms with Crippen LogP contribution in [-0.2, 0) is 0 Å². The molecule has 19 heavy (non-hydrogen) atoms. The highest BCUT2D eigenvalue weighted by Crippen LogP contribution is 2.42. The van der Waals surface area contributed by atoms with Crippen LogP contribution in [0.2, 0.25) is 0 Å². The van der Waals surface area contributed by atoms with E-state index in [9.17, 15) is 0 Å². The third kappa shape index (κ3) is 3.73. The van der Waals surface area contributed by atoms with Crippen LogP contribution in [-0.4, -0.2) is 13.2 Å². The summed E-state index contributed by atoms with van der Waals surface area (Å²) in [6.45, 7) is 6.88. The molecule has 1 aromatic carbocycles. The zero-order valence-electron chi connectivity index (χ0n) is 12.6. The molecular weight excluding hydrogens is 234 g/mol. The first-order valence-electron chi connectivity index (χ1n) is 7.55. The molecule has 2 nitrogen and oxygen atoms in total. The number of hydrogen-bond donors (Lipinski definition) is 1. The minimum absolute atomic E-state index is 0.512. The molecule has 2 heteroatoms. The fraction of sp³-hybridized carbons (Fsp3) is 0.647. The van der Waals surface area contributed by atoms with Crippen LogP contribution < -0.4 is 10.1 Å². The highest BCUT2D eigenvalue weighted by Gasteiger charge is 2.33. The van der Waals surface area contributed by atoms with Gasteiger partial charge in [0.25, 0.3) is 0 Å². The summed E-state index contributed by atoms with van der Waals surface area (Å²) in [5.74, 6) is 2.44. The van der Waals surface area contributed by atoms with Crippen molar-refractivity contribution in [1.29, 1.82) is 0 Å². The smallest absolute Gasteiger partial charge is 0.118 e. The quantitative estimate of drug-likeness (QED) is 0.795. The van der Waals surface area contributed by atoms with E-state index < -0.39 is 0 Å². The van der Waals surface area contributed by atoms with Gasteiger partial charge in [0.1, 0.15) is 5.75 Å². The van der Waals surface area contributed by atoms with Gasteiger partial charge < -0.3 is 10.1 Å². The van der Waals surface area contributed by atoms with Gasteiger partial charge in [0, 0.05) is 12.1 Å². The van der Waals surface area contributed by atoms with Gasteiger partial charge in [-0.05, 0) is 48.8 Å². The third-order valence-electron chi connectivity index (χ3n) is 4.21. The van der Waals surface area contributed by atoms with Gasteiger partial charge in [-0.2, -0.15) is 0 Å². The third-order valence-corrected chi connectivity index (χ3v) is 4.21. The largest absolute Gasteiger partial charge is 0.497 e. The second-order valence-electron chi connectivity index (χ2n) is 6.01. The van der Waals surface area contributed by atoms with E-state index in [0.717, 1.165) is 11.7 Å². The van der Waals surface area contributed by atoms with Crippen LogP contribution in [0.25, 0.3) is 0 Å². The molecular formula is C17H27NO. The van der Waals surface area contributed by atoms with Crippen molar-refractivity contribution in [1.82, 2.24) is 5.32 Å². The molecule has 0 saturated heterocycles. The topological polar surface area (TPSA) is 21.3 Å². The molecule has 0 aliphatic heterocycles. The van der Waals surface area contributed by atoms with E-state index in [2.05, 4.69) is 50.4 Å². The monoisotopic (exact) mass is 261 g/mol. The summed E-state index contributed by atoms with van der Waals surface area (Å²) in [4.78, 5) is 0. The summed E-state index contributed by atoms with van der Waals surface area (Å²) in [5.41, 5.74) is 1.41. The van der Waals surface area contributed by atoms with Crippen molar-refractivity contribution in [2.24, 2.45) is 11.8 Å². The Hall–Kier alpha value is -1.02. The van der Waals surface area contributed by atoms with Gasteiger partial charge in [0.15, 0.2) is 0 Å². The van der Waals surface area contributed by atoms with Crippen molar-refractivity contribution in [2.75, 3.05) is 7.11 Å². The summed E-state index contributed by atoms with van der Waals surface area (Å²) in [7, 11) is 1.72. The van der Waals surface area contributed by atoms with Gasteiger partial charge >= 0.3 is 0 Å². The SMILES string of the molecule is CCC(NC(c1ccc(OC)cc1)C1CC1)C(C)C. The molecule has 1 aromatic rings. The number of hydrogen-bond acceptors (Lipinski definition) is 2. The molecule has 1 saturated carbocycles. The Bertz CT molecular complexity index is 381. The zero-order valence-corrected chi connectivity index (χ0v) is 12.6. The van der Waals surface area contributed by atoms with Crippen LogP contribution >= 0.6 is 0 Å². The lowest BCUT2D eigenvalue weighted by atomic mass is 9.96. The van der Waals surface area contributed by atoms with Crippen molar-refractivity contribution in [3.05, 3.63) is 29.8 Å². The van der Waals surface area contributed by atoms with Gasteiger partial charge in [-0.25, -0.2) is 0 Å². The van der Waals surface area contributed by atoms with Crippen LogP contribution in [0.1, 0.15) is 51.6 Å². The standard InChI is InChI=1S/C17H27NO/c1-5-16(12(2)3)18-17(13-6-7-13)14-8-10-15(19-4)11-9-14/h8-13,16-18H,5-7H2,1-4H3. The number of ether oxygens (including phenoxy) is 1. The van der Waals surface area contributed by atoms with Gasteiger partial charge in [-0.1, -0.05) is 32.9 Å². The number of benzene rings is 1. The van der Waals surface area contributed by atoms with Gasteiger partial charge in [0.2, 0.25) is 0 Å². The Morgan fingerprint density at radius 1 is 1.21 bits per heavy atom. The number of rotatable bonds is 7. The minimum Gasteiger partial charge on any atom is -0.497 e. The molecule has 0 amide bonds. The number of nitrogens with one attached hydrogen (secondary N) is 1. The molecule has 0 heterocycles. The highest BCUT2D eigenvalue weighted by atomic mass is 16.5. The first-order chi connectivity index (χ1) is 9.15. The van der Waals surface area contributed by atoms with Crippen molar-refractivity contribution in [3.63, 3.8) is 0 Å². The predicted molar refractivity (Wildman–Crippen MR) is 80.5 cm³/mol. The Morgan fingerprint density at radius 3 is 2.26 bits per heavy atom. The van der Waals surface area contributed by atoms with Gasteiger partial charge in [-0.3, -0.25) is 0 Å². The van der Waals surface area contributed by atoms with E-state index in [1.807, 2.05) is 0 Å². The average molecular weight is 261 g/mol. The molecule has 1 aliphatic carbocycles. The average Bonchev–Trinajstić information content (AvgIpc) is 3.24. The molecule has 2 unspecified atom stereocenters. The van der Waals surface area contributed by atoms with Crippen molar-refractivity contribution in [3.8, 4) is 5.75 Å². The van der Waals surface area contributed by atoms with E-state index in [4.69, 9.17) is 4.74 Å². The molecule has 2 rings (SSSR count). The molecule has 2 atom stereocenters. The van der Waals surface area contributed by atoms with Gasteiger partial charge in [-0.15, -0.1) is 0 Å². The molecule has 0 spiro atoms. The summed E-state index contributed by atoms with van der Waals surface area (Å²) in [5, 5.41) is 3.88. The van der Waals surface area contributed by atoms with Crippen LogP contribution in [0.15, 0.2) is 24.3 Å². The summed E-state index contributed by atoms with van der Waals surface area (Å²) < 4.78 is 5.25. The van der Waals surface area contributed by atoms with E-state index in [-0.39, 0.29) is 0 Å². The second-order valence-corrected chi connectivity index (χ2v) is 6.01. The fourth-order valence-electron chi connectivity index (χ4n) is 2.76. The van der Waals surface area contributed by atoms with Gasteiger partial charge in [0.05, 0.1) is 7.11 Å². The molecule has 0 bridgehead atoms. The van der Waals surface area contributed by atoms with Crippen LogP contribution in [0.3, 0.4) is 0 Å². The Balaban J connectivity index is 2.10. The molecule has 0 radical (unpaired) electrons. The minimum atomic E-state index is 0.512. The Morgan fingerprint density at radius 2 is 1.84 bits per heavy atom. The lowest BCUT2D eigenvalue weighted by molar-refractivity contribution is 0.327. The highest BCUT2D eigenvalue weighted by molar-refractivity contribution is 5.30. The molecule has 1 fully saturated rings. The van der Waals surface area contributed by atoms with E-state index >= 15 is 0 Å². The lowest BCUT2D eigenvalue weighted by Crippen LogP contribution is -2.37. The van der Waals surface area contributed by atoms with E-state index in [0.29, 0.717) is 18.0 Å². The van der Waals surface area contributed by atoms with Crippen molar-refractivity contribution >= 4 is 0 Å². The summed E-state index contributed by atoms with van der Waals surface area (Å²) in [6, 6.07) is 9.68. The normalized spacial score (nSPS) is 18.4. The molecule has 1 aliphatic rings. The first-order valence-corrected chi connectivity index (χ1v) is 7.55. The molecule has 0 aromatic heterocycles. The molecule has 1 N–H and O–H groups in total. The van der Waals surface area contributed by atoms with E-state index in [1.165, 1.54) is 24.8 Å². The summed E-state index contributed by atoms with van der Waals surface area (Å²) in [6.07, 6.45) is 3.91. The maximum Gasteiger partial charge on any atom is 0.118 e. The predicted octanol–water partition coefficient (Wildman–Crippen LogP) is 4.17. The first kappa shape index (κ1) is 14.4. The number of methoxy groups -OCH3 is 1. The van der Waals surface area contributed by atoms with Crippen molar-refractivity contribution < 1.29 is 4.74 Å². The van der Waals surface area contributed by atoms with Crippen LogP contribution in [0.4, 0.5) is 0 Å². The Labute approximate surface area is 117 Å². The lowest BCUT2D eigenvalue weighted by Gasteiger charge is -2.28. The zero-order chi connectivity index (χ0) is 13.8. The fourth-order valence-corrected chi connectivity index (χ4v) is 2.76. The maximum atomic E-state index is 5.25. The Kier molecular flexibility index (Phi) is 4.87. The second kappa shape index (κ2) is 6.42. The molecule has 106 valence electrons. The van der Waals surface area contributed by atoms with Crippen molar-refractivity contribution in [2.45, 2.75) is 52.1 Å². The maximum absolute atomic E-state index is 5.25.